The summed E-state index contributed by atoms with van der Waals surface area (Å²) in [5.41, 5.74) is 0.740. The van der Waals surface area contributed by atoms with Crippen molar-refractivity contribution in [1.82, 2.24) is 9.55 Å². The van der Waals surface area contributed by atoms with Gasteiger partial charge in [0.15, 0.2) is 11.4 Å². The molecule has 0 saturated carbocycles. The molecular formula is C19H14N2O4. The molecule has 0 unspecified atom stereocenters. The Hall–Kier alpha value is -3.59. The summed E-state index contributed by atoms with van der Waals surface area (Å²) in [6.45, 7) is 0.254. The van der Waals surface area contributed by atoms with Gasteiger partial charge in [-0.1, -0.05) is 36.3 Å². The van der Waals surface area contributed by atoms with Gasteiger partial charge in [0.2, 0.25) is 0 Å². The molecule has 3 rings (SSSR count). The van der Waals surface area contributed by atoms with Gasteiger partial charge in [-0.25, -0.2) is 9.78 Å². The van der Waals surface area contributed by atoms with Crippen LogP contribution < -0.4 is 5.56 Å². The topological polar surface area (TPSA) is 81.4 Å². The number of terminal acetylenes is 1. The SMILES string of the molecule is C#Cc1cc2c(O)c(C(=O)OC)ncc2n(Cc2ccccc2)c1=O. The Kier molecular flexibility index (Phi) is 4.23. The lowest BCUT2D eigenvalue weighted by molar-refractivity contribution is 0.0591. The van der Waals surface area contributed by atoms with Gasteiger partial charge in [-0.15, -0.1) is 6.42 Å². The third-order valence-electron chi connectivity index (χ3n) is 3.84. The van der Waals surface area contributed by atoms with E-state index in [9.17, 15) is 14.7 Å². The average molecular weight is 334 g/mol. The van der Waals surface area contributed by atoms with Crippen molar-refractivity contribution in [2.45, 2.75) is 6.54 Å². The van der Waals surface area contributed by atoms with Crippen molar-refractivity contribution in [3.05, 3.63) is 69.8 Å². The first kappa shape index (κ1) is 16.3. The van der Waals surface area contributed by atoms with Gasteiger partial charge in [-0.2, -0.15) is 0 Å². The molecule has 0 saturated heterocycles. The van der Waals surface area contributed by atoms with Crippen molar-refractivity contribution in [3.8, 4) is 18.1 Å². The van der Waals surface area contributed by atoms with Crippen LogP contribution >= 0.6 is 0 Å². The van der Waals surface area contributed by atoms with Gasteiger partial charge in [-0.3, -0.25) is 4.79 Å². The van der Waals surface area contributed by atoms with Gasteiger partial charge in [0, 0.05) is 5.39 Å². The lowest BCUT2D eigenvalue weighted by Gasteiger charge is -2.13. The van der Waals surface area contributed by atoms with E-state index in [4.69, 9.17) is 6.42 Å². The summed E-state index contributed by atoms with van der Waals surface area (Å²) in [6, 6.07) is 10.7. The lowest BCUT2D eigenvalue weighted by atomic mass is 10.1. The number of esters is 1. The van der Waals surface area contributed by atoms with E-state index < -0.39 is 5.97 Å². The standard InChI is InChI=1S/C19H14N2O4/c1-3-13-9-14-15(10-20-16(17(14)22)19(24)25-2)21(18(13)23)11-12-7-5-4-6-8-12/h1,4-10,22H,11H2,2H3. The van der Waals surface area contributed by atoms with Crippen molar-refractivity contribution in [2.75, 3.05) is 7.11 Å². The maximum absolute atomic E-state index is 12.6. The molecule has 0 radical (unpaired) electrons. The molecule has 1 aromatic carbocycles. The Balaban J connectivity index is 2.30. The summed E-state index contributed by atoms with van der Waals surface area (Å²) in [5.74, 6) is 1.17. The molecule has 0 bridgehead atoms. The van der Waals surface area contributed by atoms with Crippen molar-refractivity contribution in [1.29, 1.82) is 0 Å². The van der Waals surface area contributed by atoms with E-state index in [1.54, 1.807) is 0 Å². The molecule has 0 atom stereocenters. The number of hydrogen-bond donors (Lipinski definition) is 1. The highest BCUT2D eigenvalue weighted by molar-refractivity contribution is 5.98. The number of benzene rings is 1. The summed E-state index contributed by atoms with van der Waals surface area (Å²) in [6.07, 6.45) is 6.78. The molecule has 2 aromatic heterocycles. The van der Waals surface area contributed by atoms with E-state index in [1.807, 2.05) is 30.3 Å². The molecule has 0 fully saturated rings. The third-order valence-corrected chi connectivity index (χ3v) is 3.84. The number of aromatic nitrogens is 2. The first-order valence-corrected chi connectivity index (χ1v) is 7.41. The number of nitrogens with zero attached hydrogens (tertiary/aromatic N) is 2. The summed E-state index contributed by atoms with van der Waals surface area (Å²) in [4.78, 5) is 28.3. The molecule has 25 heavy (non-hydrogen) atoms. The number of aromatic hydroxyl groups is 1. The van der Waals surface area contributed by atoms with E-state index in [2.05, 4.69) is 15.6 Å². The minimum absolute atomic E-state index is 0.0840. The Bertz CT molecular complexity index is 1060. The van der Waals surface area contributed by atoms with Gasteiger partial charge in [0.1, 0.15) is 0 Å². The summed E-state index contributed by atoms with van der Waals surface area (Å²) in [5, 5.41) is 10.7. The van der Waals surface area contributed by atoms with E-state index in [0.717, 1.165) is 5.56 Å². The minimum Gasteiger partial charge on any atom is -0.505 e. The van der Waals surface area contributed by atoms with Crippen molar-refractivity contribution >= 4 is 16.9 Å². The monoisotopic (exact) mass is 334 g/mol. The fraction of sp³-hybridized carbons (Fsp3) is 0.105. The second-order valence-electron chi connectivity index (χ2n) is 5.33. The van der Waals surface area contributed by atoms with Crippen LogP contribution in [-0.4, -0.2) is 27.7 Å². The molecule has 6 nitrogen and oxygen atoms in total. The van der Waals surface area contributed by atoms with Gasteiger partial charge in [0.25, 0.3) is 5.56 Å². The summed E-state index contributed by atoms with van der Waals surface area (Å²) >= 11 is 0. The average Bonchev–Trinajstić information content (AvgIpc) is 2.64. The van der Waals surface area contributed by atoms with Crippen LogP contribution in [0.15, 0.2) is 47.4 Å². The first-order chi connectivity index (χ1) is 12.1. The van der Waals surface area contributed by atoms with Crippen LogP contribution in [0.1, 0.15) is 21.6 Å². The van der Waals surface area contributed by atoms with Gasteiger partial charge in [-0.05, 0) is 11.6 Å². The molecular weight excluding hydrogens is 320 g/mol. The first-order valence-electron chi connectivity index (χ1n) is 7.41. The fourth-order valence-corrected chi connectivity index (χ4v) is 2.60. The van der Waals surface area contributed by atoms with Crippen LogP contribution in [-0.2, 0) is 11.3 Å². The smallest absolute Gasteiger partial charge is 0.360 e. The van der Waals surface area contributed by atoms with Gasteiger partial charge in [0.05, 0.1) is 30.9 Å². The molecule has 0 aliphatic carbocycles. The molecule has 0 aliphatic heterocycles. The number of hydrogen-bond acceptors (Lipinski definition) is 5. The predicted molar refractivity (Wildman–Crippen MR) is 92.5 cm³/mol. The Morgan fingerprint density at radius 2 is 2.08 bits per heavy atom. The second-order valence-corrected chi connectivity index (χ2v) is 5.33. The third kappa shape index (κ3) is 2.83. The number of fused-ring (bicyclic) bond motifs is 1. The maximum atomic E-state index is 12.6. The highest BCUT2D eigenvalue weighted by Gasteiger charge is 2.19. The molecule has 0 aliphatic rings. The predicted octanol–water partition coefficient (Wildman–Crippen LogP) is 1.92. The van der Waals surface area contributed by atoms with Crippen molar-refractivity contribution < 1.29 is 14.6 Å². The molecule has 0 spiro atoms. The van der Waals surface area contributed by atoms with Crippen molar-refractivity contribution in [3.63, 3.8) is 0 Å². The van der Waals surface area contributed by atoms with Crippen LogP contribution in [0.4, 0.5) is 0 Å². The van der Waals surface area contributed by atoms with Gasteiger partial charge >= 0.3 is 5.97 Å². The van der Waals surface area contributed by atoms with Gasteiger partial charge < -0.3 is 14.4 Å². The normalized spacial score (nSPS) is 10.4. The molecule has 3 aromatic rings. The number of ether oxygens (including phenoxy) is 1. The zero-order valence-corrected chi connectivity index (χ0v) is 13.4. The number of pyridine rings is 2. The summed E-state index contributed by atoms with van der Waals surface area (Å²) in [7, 11) is 1.19. The second kappa shape index (κ2) is 6.49. The molecule has 2 heterocycles. The largest absolute Gasteiger partial charge is 0.505 e. The zero-order valence-electron chi connectivity index (χ0n) is 13.4. The quantitative estimate of drug-likeness (QED) is 0.584. The molecule has 6 heteroatoms. The number of methoxy groups -OCH3 is 1. The number of rotatable bonds is 3. The van der Waals surface area contributed by atoms with Crippen molar-refractivity contribution in [2.24, 2.45) is 0 Å². The summed E-state index contributed by atoms with van der Waals surface area (Å²) < 4.78 is 6.03. The van der Waals surface area contributed by atoms with Crippen LogP contribution in [0.5, 0.6) is 5.75 Å². The van der Waals surface area contributed by atoms with E-state index in [0.29, 0.717) is 5.52 Å². The molecule has 0 amide bonds. The fourth-order valence-electron chi connectivity index (χ4n) is 2.60. The lowest BCUT2D eigenvalue weighted by Crippen LogP contribution is -2.24. The van der Waals surface area contributed by atoms with Crippen LogP contribution in [0, 0.1) is 12.3 Å². The Morgan fingerprint density at radius 3 is 2.72 bits per heavy atom. The Morgan fingerprint density at radius 1 is 1.36 bits per heavy atom. The van der Waals surface area contributed by atoms with E-state index >= 15 is 0 Å². The molecule has 1 N–H and O–H groups in total. The Labute approximate surface area is 143 Å². The number of carbonyl (C=O) groups excluding carboxylic acids is 1. The zero-order chi connectivity index (χ0) is 18.0. The molecule has 124 valence electrons. The minimum atomic E-state index is -0.775. The van der Waals surface area contributed by atoms with Crippen LogP contribution in [0.3, 0.4) is 0 Å². The highest BCUT2D eigenvalue weighted by atomic mass is 16.5. The maximum Gasteiger partial charge on any atom is 0.360 e. The van der Waals surface area contributed by atoms with Crippen LogP contribution in [0.2, 0.25) is 0 Å². The van der Waals surface area contributed by atoms with E-state index in [-0.39, 0.29) is 34.5 Å². The number of carbonyl (C=O) groups is 1. The van der Waals surface area contributed by atoms with E-state index in [1.165, 1.54) is 23.9 Å². The highest BCUT2D eigenvalue weighted by Crippen LogP contribution is 2.27. The van der Waals surface area contributed by atoms with Crippen LogP contribution in [0.25, 0.3) is 10.9 Å².